The molecule has 13 heavy (non-hydrogen) atoms. The Morgan fingerprint density at radius 1 is 0.846 bits per heavy atom. The van der Waals surface area contributed by atoms with Gasteiger partial charge in [0.1, 0.15) is 0 Å². The molecule has 63 valence electrons. The Morgan fingerprint density at radius 2 is 1.62 bits per heavy atom. The summed E-state index contributed by atoms with van der Waals surface area (Å²) < 4.78 is 0. The van der Waals surface area contributed by atoms with Crippen LogP contribution in [0.2, 0.25) is 0 Å². The SMILES string of the molecule is [c]1ccccc1Nc1ccccc1. The molecule has 0 aliphatic heterocycles. The Morgan fingerprint density at radius 3 is 2.31 bits per heavy atom. The quantitative estimate of drug-likeness (QED) is 0.725. The van der Waals surface area contributed by atoms with E-state index in [1.54, 1.807) is 0 Å². The highest BCUT2D eigenvalue weighted by Gasteiger charge is 1.90. The number of para-hydroxylation sites is 2. The molecule has 2 rings (SSSR count). The first-order chi connectivity index (χ1) is 6.45. The van der Waals surface area contributed by atoms with Crippen LogP contribution in [0.5, 0.6) is 0 Å². The van der Waals surface area contributed by atoms with Gasteiger partial charge in [-0.1, -0.05) is 36.4 Å². The second-order valence-electron chi connectivity index (χ2n) is 2.77. The highest BCUT2D eigenvalue weighted by atomic mass is 14.9. The van der Waals surface area contributed by atoms with Gasteiger partial charge in [-0.25, -0.2) is 0 Å². The standard InChI is InChI=1S/C12H10N/c1-3-7-11(8-4-1)13-12-9-5-2-6-10-12/h1-9,13H. The fraction of sp³-hybridized carbons (Fsp3) is 0. The van der Waals surface area contributed by atoms with Gasteiger partial charge in [-0.15, -0.1) is 0 Å². The lowest BCUT2D eigenvalue weighted by Crippen LogP contribution is -1.88. The lowest BCUT2D eigenvalue weighted by Gasteiger charge is -2.04. The Kier molecular flexibility index (Phi) is 2.28. The Hall–Kier alpha value is -1.76. The van der Waals surface area contributed by atoms with Crippen LogP contribution < -0.4 is 5.32 Å². The summed E-state index contributed by atoms with van der Waals surface area (Å²) in [5.74, 6) is 0. The van der Waals surface area contributed by atoms with Crippen LogP contribution in [0.1, 0.15) is 0 Å². The predicted octanol–water partition coefficient (Wildman–Crippen LogP) is 3.23. The van der Waals surface area contributed by atoms with Crippen LogP contribution in [0.3, 0.4) is 0 Å². The van der Waals surface area contributed by atoms with Crippen LogP contribution in [-0.2, 0) is 0 Å². The summed E-state index contributed by atoms with van der Waals surface area (Å²) >= 11 is 0. The molecule has 2 aromatic carbocycles. The third kappa shape index (κ3) is 2.09. The van der Waals surface area contributed by atoms with E-state index in [1.165, 1.54) is 0 Å². The summed E-state index contributed by atoms with van der Waals surface area (Å²) in [6.45, 7) is 0. The molecule has 0 saturated carbocycles. The Bertz CT molecular complexity index is 316. The van der Waals surface area contributed by atoms with Crippen molar-refractivity contribution in [2.45, 2.75) is 0 Å². The van der Waals surface area contributed by atoms with Crippen molar-refractivity contribution >= 4 is 11.4 Å². The molecular weight excluding hydrogens is 158 g/mol. The van der Waals surface area contributed by atoms with E-state index in [9.17, 15) is 0 Å². The van der Waals surface area contributed by atoms with E-state index in [2.05, 4.69) is 11.4 Å². The van der Waals surface area contributed by atoms with E-state index in [-0.39, 0.29) is 0 Å². The molecule has 0 atom stereocenters. The summed E-state index contributed by atoms with van der Waals surface area (Å²) in [6.07, 6.45) is 0. The van der Waals surface area contributed by atoms with E-state index in [0.717, 1.165) is 11.4 Å². The van der Waals surface area contributed by atoms with Gasteiger partial charge in [0.2, 0.25) is 0 Å². The molecule has 1 N–H and O–H groups in total. The molecule has 1 heteroatoms. The van der Waals surface area contributed by atoms with Crippen molar-refractivity contribution in [1.29, 1.82) is 0 Å². The van der Waals surface area contributed by atoms with Crippen LogP contribution in [0.15, 0.2) is 54.6 Å². The third-order valence-electron chi connectivity index (χ3n) is 1.76. The number of nitrogens with one attached hydrogen (secondary N) is 1. The number of anilines is 2. The molecule has 0 unspecified atom stereocenters. The zero-order chi connectivity index (χ0) is 8.93. The van der Waals surface area contributed by atoms with Crippen LogP contribution in [0.4, 0.5) is 11.4 Å². The molecule has 0 aliphatic rings. The van der Waals surface area contributed by atoms with Crippen molar-refractivity contribution in [3.8, 4) is 0 Å². The van der Waals surface area contributed by atoms with E-state index in [4.69, 9.17) is 0 Å². The second kappa shape index (κ2) is 3.76. The average Bonchev–Trinajstić information content (AvgIpc) is 2.21. The topological polar surface area (TPSA) is 12.0 Å². The number of benzene rings is 2. The number of rotatable bonds is 2. The van der Waals surface area contributed by atoms with E-state index in [0.29, 0.717) is 0 Å². The lowest BCUT2D eigenvalue weighted by atomic mass is 10.3. The molecule has 0 fully saturated rings. The molecule has 2 aromatic rings. The van der Waals surface area contributed by atoms with Gasteiger partial charge in [0, 0.05) is 17.4 Å². The maximum atomic E-state index is 3.25. The van der Waals surface area contributed by atoms with Crippen molar-refractivity contribution < 1.29 is 0 Å². The number of hydrogen-bond donors (Lipinski definition) is 1. The van der Waals surface area contributed by atoms with Gasteiger partial charge in [-0.3, -0.25) is 0 Å². The van der Waals surface area contributed by atoms with Gasteiger partial charge in [-0.05, 0) is 18.2 Å². The van der Waals surface area contributed by atoms with Gasteiger partial charge in [-0.2, -0.15) is 0 Å². The van der Waals surface area contributed by atoms with E-state index in [1.807, 2.05) is 54.6 Å². The predicted molar refractivity (Wildman–Crippen MR) is 55.0 cm³/mol. The second-order valence-corrected chi connectivity index (χ2v) is 2.77. The monoisotopic (exact) mass is 168 g/mol. The largest absolute Gasteiger partial charge is 0.355 e. The van der Waals surface area contributed by atoms with Gasteiger partial charge in [0.25, 0.3) is 0 Å². The molecule has 1 radical (unpaired) electrons. The van der Waals surface area contributed by atoms with Gasteiger partial charge in [0.05, 0.1) is 0 Å². The maximum absolute atomic E-state index is 3.25. The maximum Gasteiger partial charge on any atom is 0.0464 e. The molecule has 1 nitrogen and oxygen atoms in total. The first kappa shape index (κ1) is 7.87. The highest BCUT2D eigenvalue weighted by molar-refractivity contribution is 5.58. The van der Waals surface area contributed by atoms with Gasteiger partial charge < -0.3 is 5.32 Å². The molecule has 0 saturated heterocycles. The van der Waals surface area contributed by atoms with Crippen molar-refractivity contribution in [2.24, 2.45) is 0 Å². The van der Waals surface area contributed by atoms with Crippen molar-refractivity contribution in [3.63, 3.8) is 0 Å². The normalized spacial score (nSPS) is 9.54. The van der Waals surface area contributed by atoms with Crippen LogP contribution in [0, 0.1) is 6.07 Å². The van der Waals surface area contributed by atoms with Crippen molar-refractivity contribution in [1.82, 2.24) is 0 Å². The Balaban J connectivity index is 2.16. The first-order valence-corrected chi connectivity index (χ1v) is 4.24. The zero-order valence-corrected chi connectivity index (χ0v) is 7.20. The molecule has 0 bridgehead atoms. The molecule has 0 aliphatic carbocycles. The summed E-state index contributed by atoms with van der Waals surface area (Å²) in [7, 11) is 0. The Labute approximate surface area is 78.0 Å². The van der Waals surface area contributed by atoms with Gasteiger partial charge in [0.15, 0.2) is 0 Å². The molecule has 0 aromatic heterocycles. The minimum atomic E-state index is 0.994. The van der Waals surface area contributed by atoms with Crippen molar-refractivity contribution in [3.05, 3.63) is 60.7 Å². The van der Waals surface area contributed by atoms with Crippen LogP contribution in [-0.4, -0.2) is 0 Å². The summed E-state index contributed by atoms with van der Waals surface area (Å²) in [5.41, 5.74) is 2.08. The fourth-order valence-electron chi connectivity index (χ4n) is 1.15. The minimum Gasteiger partial charge on any atom is -0.355 e. The zero-order valence-electron chi connectivity index (χ0n) is 7.20. The summed E-state index contributed by atoms with van der Waals surface area (Å²) in [4.78, 5) is 0. The first-order valence-electron chi connectivity index (χ1n) is 4.24. The summed E-state index contributed by atoms with van der Waals surface area (Å²) in [5, 5.41) is 3.25. The van der Waals surface area contributed by atoms with E-state index >= 15 is 0 Å². The number of hydrogen-bond acceptors (Lipinski definition) is 1. The van der Waals surface area contributed by atoms with Gasteiger partial charge >= 0.3 is 0 Å². The molecule has 0 amide bonds. The average molecular weight is 168 g/mol. The minimum absolute atomic E-state index is 0.994. The van der Waals surface area contributed by atoms with Crippen molar-refractivity contribution in [2.75, 3.05) is 5.32 Å². The molecular formula is C12H10N. The van der Waals surface area contributed by atoms with Crippen LogP contribution in [0.25, 0.3) is 0 Å². The smallest absolute Gasteiger partial charge is 0.0464 e. The third-order valence-corrected chi connectivity index (χ3v) is 1.76. The highest BCUT2D eigenvalue weighted by Crippen LogP contribution is 2.13. The molecule has 0 spiro atoms. The van der Waals surface area contributed by atoms with E-state index < -0.39 is 0 Å². The fourth-order valence-corrected chi connectivity index (χ4v) is 1.15. The van der Waals surface area contributed by atoms with Crippen LogP contribution >= 0.6 is 0 Å². The molecule has 0 heterocycles. The lowest BCUT2D eigenvalue weighted by molar-refractivity contribution is 1.54. The summed E-state index contributed by atoms with van der Waals surface area (Å²) in [6, 6.07) is 21.0.